The van der Waals surface area contributed by atoms with Crippen molar-refractivity contribution in [3.8, 4) is 0 Å². The van der Waals surface area contributed by atoms with E-state index in [0.29, 0.717) is 12.4 Å². The first-order chi connectivity index (χ1) is 7.46. The van der Waals surface area contributed by atoms with Crippen molar-refractivity contribution in [2.75, 3.05) is 18.0 Å². The molecule has 0 atom stereocenters. The first kappa shape index (κ1) is 12.8. The Morgan fingerprint density at radius 2 is 2.06 bits per heavy atom. The standard InChI is InChI=1S/C10H14F3N3/c1-2-16(7-10(11,12)13)9-4-3-8(5-14)6-15-9/h3-4,6H,2,5,7,14H2,1H3. The molecule has 0 amide bonds. The van der Waals surface area contributed by atoms with Crippen LogP contribution in [-0.2, 0) is 6.54 Å². The van der Waals surface area contributed by atoms with Crippen LogP contribution >= 0.6 is 0 Å². The third kappa shape index (κ3) is 3.69. The third-order valence-electron chi connectivity index (χ3n) is 2.12. The van der Waals surface area contributed by atoms with E-state index < -0.39 is 12.7 Å². The highest BCUT2D eigenvalue weighted by atomic mass is 19.4. The van der Waals surface area contributed by atoms with Gasteiger partial charge in [0.25, 0.3) is 0 Å². The normalized spacial score (nSPS) is 11.6. The first-order valence-electron chi connectivity index (χ1n) is 4.93. The molecule has 16 heavy (non-hydrogen) atoms. The van der Waals surface area contributed by atoms with E-state index in [2.05, 4.69) is 4.98 Å². The maximum atomic E-state index is 12.2. The van der Waals surface area contributed by atoms with Crippen LogP contribution in [0.2, 0.25) is 0 Å². The molecule has 1 heterocycles. The van der Waals surface area contributed by atoms with Gasteiger partial charge in [-0.05, 0) is 18.6 Å². The molecule has 0 saturated heterocycles. The number of nitrogens with two attached hydrogens (primary N) is 1. The zero-order chi connectivity index (χ0) is 12.2. The fourth-order valence-corrected chi connectivity index (χ4v) is 1.30. The summed E-state index contributed by atoms with van der Waals surface area (Å²) >= 11 is 0. The number of nitrogens with zero attached hydrogens (tertiary/aromatic N) is 2. The number of hydrogen-bond donors (Lipinski definition) is 1. The van der Waals surface area contributed by atoms with Crippen LogP contribution in [0.1, 0.15) is 12.5 Å². The summed E-state index contributed by atoms with van der Waals surface area (Å²) in [5.41, 5.74) is 6.17. The third-order valence-corrected chi connectivity index (χ3v) is 2.12. The highest BCUT2D eigenvalue weighted by Gasteiger charge is 2.30. The van der Waals surface area contributed by atoms with Gasteiger partial charge in [-0.15, -0.1) is 0 Å². The van der Waals surface area contributed by atoms with Crippen LogP contribution in [0.15, 0.2) is 18.3 Å². The summed E-state index contributed by atoms with van der Waals surface area (Å²) in [6, 6.07) is 3.23. The molecule has 90 valence electrons. The summed E-state index contributed by atoms with van der Waals surface area (Å²) in [4.78, 5) is 5.12. The van der Waals surface area contributed by atoms with E-state index in [1.54, 1.807) is 19.1 Å². The van der Waals surface area contributed by atoms with Crippen LogP contribution in [-0.4, -0.2) is 24.2 Å². The van der Waals surface area contributed by atoms with Gasteiger partial charge >= 0.3 is 6.18 Å². The predicted molar refractivity (Wildman–Crippen MR) is 56.1 cm³/mol. The second-order valence-corrected chi connectivity index (χ2v) is 3.36. The van der Waals surface area contributed by atoms with Crippen molar-refractivity contribution in [1.82, 2.24) is 4.98 Å². The quantitative estimate of drug-likeness (QED) is 0.864. The van der Waals surface area contributed by atoms with Gasteiger partial charge in [-0.3, -0.25) is 0 Å². The average molecular weight is 233 g/mol. The summed E-state index contributed by atoms with van der Waals surface area (Å²) in [7, 11) is 0. The van der Waals surface area contributed by atoms with Gasteiger partial charge in [-0.2, -0.15) is 13.2 Å². The van der Waals surface area contributed by atoms with Crippen molar-refractivity contribution in [3.05, 3.63) is 23.9 Å². The highest BCUT2D eigenvalue weighted by molar-refractivity contribution is 5.39. The van der Waals surface area contributed by atoms with Crippen molar-refractivity contribution in [2.24, 2.45) is 5.73 Å². The summed E-state index contributed by atoms with van der Waals surface area (Å²) in [5, 5.41) is 0. The molecule has 0 radical (unpaired) electrons. The van der Waals surface area contributed by atoms with Crippen LogP contribution in [0.4, 0.5) is 19.0 Å². The predicted octanol–water partition coefficient (Wildman–Crippen LogP) is 1.93. The van der Waals surface area contributed by atoms with Crippen LogP contribution in [0.25, 0.3) is 0 Å². The lowest BCUT2D eigenvalue weighted by Crippen LogP contribution is -2.34. The van der Waals surface area contributed by atoms with Crippen LogP contribution in [0, 0.1) is 0 Å². The fraction of sp³-hybridized carbons (Fsp3) is 0.500. The molecule has 0 aliphatic heterocycles. The molecule has 0 fully saturated rings. The zero-order valence-electron chi connectivity index (χ0n) is 8.96. The molecule has 0 saturated carbocycles. The highest BCUT2D eigenvalue weighted by Crippen LogP contribution is 2.20. The summed E-state index contributed by atoms with van der Waals surface area (Å²) < 4.78 is 36.7. The largest absolute Gasteiger partial charge is 0.405 e. The number of anilines is 1. The molecular formula is C10H14F3N3. The Labute approximate surface area is 92.1 Å². The minimum Gasteiger partial charge on any atom is -0.348 e. The Bertz CT molecular complexity index is 321. The van der Waals surface area contributed by atoms with E-state index in [4.69, 9.17) is 5.73 Å². The lowest BCUT2D eigenvalue weighted by molar-refractivity contribution is -0.119. The van der Waals surface area contributed by atoms with E-state index in [1.807, 2.05) is 0 Å². The SMILES string of the molecule is CCN(CC(F)(F)F)c1ccc(CN)cn1. The van der Waals surface area contributed by atoms with E-state index >= 15 is 0 Å². The lowest BCUT2D eigenvalue weighted by Gasteiger charge is -2.23. The zero-order valence-corrected chi connectivity index (χ0v) is 8.96. The van der Waals surface area contributed by atoms with Crippen molar-refractivity contribution >= 4 is 5.82 Å². The molecule has 0 bridgehead atoms. The van der Waals surface area contributed by atoms with Gasteiger partial charge in [0.15, 0.2) is 0 Å². The molecule has 0 aromatic carbocycles. The minimum absolute atomic E-state index is 0.258. The van der Waals surface area contributed by atoms with Crippen molar-refractivity contribution in [3.63, 3.8) is 0 Å². The Morgan fingerprint density at radius 1 is 1.38 bits per heavy atom. The van der Waals surface area contributed by atoms with Crippen molar-refractivity contribution < 1.29 is 13.2 Å². The van der Waals surface area contributed by atoms with E-state index in [0.717, 1.165) is 5.56 Å². The average Bonchev–Trinajstić information content (AvgIpc) is 2.25. The maximum Gasteiger partial charge on any atom is 0.405 e. The number of halogens is 3. The van der Waals surface area contributed by atoms with Gasteiger partial charge in [-0.1, -0.05) is 6.07 Å². The molecule has 1 aromatic rings. The molecule has 1 aromatic heterocycles. The molecule has 3 nitrogen and oxygen atoms in total. The Morgan fingerprint density at radius 3 is 2.44 bits per heavy atom. The van der Waals surface area contributed by atoms with Crippen molar-refractivity contribution in [2.45, 2.75) is 19.6 Å². The van der Waals surface area contributed by atoms with Gasteiger partial charge < -0.3 is 10.6 Å². The summed E-state index contributed by atoms with van der Waals surface area (Å²) in [6.07, 6.45) is -2.72. The first-order valence-corrected chi connectivity index (χ1v) is 4.93. The molecule has 2 N–H and O–H groups in total. The molecule has 1 rings (SSSR count). The topological polar surface area (TPSA) is 42.1 Å². The van der Waals surface area contributed by atoms with E-state index in [1.165, 1.54) is 11.1 Å². The van der Waals surface area contributed by atoms with Gasteiger partial charge in [-0.25, -0.2) is 4.98 Å². The molecule has 6 heteroatoms. The summed E-state index contributed by atoms with van der Waals surface area (Å²) in [6.45, 7) is 1.26. The van der Waals surface area contributed by atoms with Gasteiger partial charge in [0, 0.05) is 19.3 Å². The molecule has 0 aliphatic carbocycles. The van der Waals surface area contributed by atoms with Crippen LogP contribution in [0.3, 0.4) is 0 Å². The minimum atomic E-state index is -4.22. The van der Waals surface area contributed by atoms with Gasteiger partial charge in [0.2, 0.25) is 0 Å². The Balaban J connectivity index is 2.79. The van der Waals surface area contributed by atoms with E-state index in [-0.39, 0.29) is 6.54 Å². The Kier molecular flexibility index (Phi) is 4.12. The number of hydrogen-bond acceptors (Lipinski definition) is 3. The van der Waals surface area contributed by atoms with Gasteiger partial charge in [0.1, 0.15) is 12.4 Å². The van der Waals surface area contributed by atoms with Gasteiger partial charge in [0.05, 0.1) is 0 Å². The molecule has 0 spiro atoms. The number of alkyl halides is 3. The molecular weight excluding hydrogens is 219 g/mol. The second kappa shape index (κ2) is 5.16. The monoisotopic (exact) mass is 233 g/mol. The second-order valence-electron chi connectivity index (χ2n) is 3.36. The lowest BCUT2D eigenvalue weighted by atomic mass is 10.3. The van der Waals surface area contributed by atoms with Crippen LogP contribution in [0.5, 0.6) is 0 Å². The maximum absolute atomic E-state index is 12.2. The van der Waals surface area contributed by atoms with Crippen molar-refractivity contribution in [1.29, 1.82) is 0 Å². The number of pyridine rings is 1. The molecule has 0 unspecified atom stereocenters. The van der Waals surface area contributed by atoms with Crippen LogP contribution < -0.4 is 10.6 Å². The summed E-state index contributed by atoms with van der Waals surface area (Å²) in [5.74, 6) is 0.317. The number of rotatable bonds is 4. The Hall–Kier alpha value is -1.30. The number of aromatic nitrogens is 1. The van der Waals surface area contributed by atoms with E-state index in [9.17, 15) is 13.2 Å². The smallest absolute Gasteiger partial charge is 0.348 e. The fourth-order valence-electron chi connectivity index (χ4n) is 1.30. The molecule has 0 aliphatic rings.